The Hall–Kier alpha value is 0.0300. The Morgan fingerprint density at radius 2 is 2.27 bits per heavy atom. The van der Waals surface area contributed by atoms with Gasteiger partial charge in [0.05, 0.1) is 11.6 Å². The zero-order valence-corrected chi connectivity index (χ0v) is 9.20. The summed E-state index contributed by atoms with van der Waals surface area (Å²) in [4.78, 5) is 0. The van der Waals surface area contributed by atoms with E-state index in [0.29, 0.717) is 5.92 Å². The Bertz CT molecular complexity index is 314. The normalized spacial score (nSPS) is 27.5. The number of hydrogen-bond donors (Lipinski definition) is 0. The van der Waals surface area contributed by atoms with E-state index >= 15 is 0 Å². The Morgan fingerprint density at radius 3 is 3.09 bits per heavy atom. The maximum atomic E-state index is 4.03. The topological polar surface area (TPSA) is 24.7 Å². The summed E-state index contributed by atoms with van der Waals surface area (Å²) in [5.41, 5.74) is 1.03. The van der Waals surface area contributed by atoms with Gasteiger partial charge in [-0.3, -0.25) is 0 Å². The molecule has 0 spiro atoms. The summed E-state index contributed by atoms with van der Waals surface area (Å²) in [7, 11) is 0. The van der Waals surface area contributed by atoms with Crippen LogP contribution < -0.4 is 0 Å². The van der Waals surface area contributed by atoms with Crippen LogP contribution in [0.15, 0.2) is 32.9 Å². The first-order chi connectivity index (χ1) is 5.27. The summed E-state index contributed by atoms with van der Waals surface area (Å²) in [6.45, 7) is 0. The molecular formula is C7H4BrIN2. The predicted molar refractivity (Wildman–Crippen MR) is 58.5 cm³/mol. The Kier molecular flexibility index (Phi) is 1.97. The van der Waals surface area contributed by atoms with Gasteiger partial charge in [-0.05, 0) is 28.7 Å². The van der Waals surface area contributed by atoms with Crippen molar-refractivity contribution in [3.05, 3.63) is 22.7 Å². The first kappa shape index (κ1) is 7.67. The Labute approximate surface area is 86.4 Å². The maximum Gasteiger partial charge on any atom is 0.114 e. The van der Waals surface area contributed by atoms with Crippen LogP contribution in [0, 0.1) is 5.92 Å². The van der Waals surface area contributed by atoms with Crippen molar-refractivity contribution in [2.75, 3.05) is 0 Å². The van der Waals surface area contributed by atoms with Gasteiger partial charge in [0, 0.05) is 4.48 Å². The SMILES string of the molecule is BrC1=CC2=NN=C(I)[C@H]2C=C1. The van der Waals surface area contributed by atoms with Crippen LogP contribution in [-0.2, 0) is 0 Å². The molecule has 0 N–H and O–H groups in total. The van der Waals surface area contributed by atoms with Gasteiger partial charge in [0.15, 0.2) is 0 Å². The van der Waals surface area contributed by atoms with Crippen molar-refractivity contribution in [3.8, 4) is 0 Å². The molecule has 0 fully saturated rings. The van der Waals surface area contributed by atoms with Gasteiger partial charge < -0.3 is 0 Å². The predicted octanol–water partition coefficient (Wildman–Crippen LogP) is 2.65. The molecule has 0 saturated carbocycles. The van der Waals surface area contributed by atoms with Gasteiger partial charge in [0.25, 0.3) is 0 Å². The second-order valence-corrected chi connectivity index (χ2v) is 4.33. The minimum Gasteiger partial charge on any atom is -0.154 e. The van der Waals surface area contributed by atoms with Crippen molar-refractivity contribution in [3.63, 3.8) is 0 Å². The molecule has 0 amide bonds. The molecule has 1 atom stereocenters. The zero-order valence-electron chi connectivity index (χ0n) is 5.46. The number of nitrogens with zero attached hydrogens (tertiary/aromatic N) is 2. The van der Waals surface area contributed by atoms with E-state index in [1.165, 1.54) is 0 Å². The highest BCUT2D eigenvalue weighted by molar-refractivity contribution is 14.1. The first-order valence-corrected chi connectivity index (χ1v) is 5.01. The summed E-state index contributed by atoms with van der Waals surface area (Å²) in [6, 6.07) is 0. The van der Waals surface area contributed by atoms with Crippen LogP contribution in [0.1, 0.15) is 0 Å². The number of rotatable bonds is 0. The molecule has 0 saturated heterocycles. The van der Waals surface area contributed by atoms with Crippen molar-refractivity contribution >= 4 is 48.0 Å². The van der Waals surface area contributed by atoms with Crippen LogP contribution in [-0.4, -0.2) is 9.43 Å². The lowest BCUT2D eigenvalue weighted by Gasteiger charge is -2.08. The second-order valence-electron chi connectivity index (χ2n) is 2.31. The van der Waals surface area contributed by atoms with Gasteiger partial charge in [-0.25, -0.2) is 0 Å². The number of allylic oxidation sites excluding steroid dienone is 4. The summed E-state index contributed by atoms with van der Waals surface area (Å²) < 4.78 is 2.11. The molecule has 2 rings (SSSR count). The standard InChI is InChI=1S/C7H4BrIN2/c8-4-1-2-5-6(3-4)10-11-7(5)9/h1-3,5H/t5-/m0/s1. The molecule has 0 aromatic rings. The van der Waals surface area contributed by atoms with Crippen LogP contribution in [0.3, 0.4) is 0 Å². The monoisotopic (exact) mass is 322 g/mol. The van der Waals surface area contributed by atoms with Gasteiger partial charge in [-0.1, -0.05) is 28.1 Å². The molecule has 56 valence electrons. The largest absolute Gasteiger partial charge is 0.154 e. The number of fused-ring (bicyclic) bond motifs is 1. The van der Waals surface area contributed by atoms with E-state index in [1.54, 1.807) is 0 Å². The molecule has 1 heterocycles. The molecule has 0 unspecified atom stereocenters. The highest BCUT2D eigenvalue weighted by Gasteiger charge is 2.23. The molecule has 0 radical (unpaired) electrons. The van der Waals surface area contributed by atoms with E-state index in [0.717, 1.165) is 13.9 Å². The van der Waals surface area contributed by atoms with E-state index in [2.05, 4.69) is 54.8 Å². The fourth-order valence-electron chi connectivity index (χ4n) is 1.03. The Balaban J connectivity index is 2.38. The minimum atomic E-state index is 0.317. The molecule has 2 aliphatic rings. The van der Waals surface area contributed by atoms with Crippen molar-refractivity contribution < 1.29 is 0 Å². The molecule has 0 aromatic heterocycles. The molecule has 0 aromatic carbocycles. The number of halogens is 2. The average Bonchev–Trinajstić information content (AvgIpc) is 2.32. The van der Waals surface area contributed by atoms with E-state index in [9.17, 15) is 0 Å². The summed E-state index contributed by atoms with van der Waals surface area (Å²) in [5.74, 6) is 0.317. The fraction of sp³-hybridized carbons (Fsp3) is 0.143. The van der Waals surface area contributed by atoms with Gasteiger partial charge in [0.2, 0.25) is 0 Å². The second kappa shape index (κ2) is 2.82. The van der Waals surface area contributed by atoms with Gasteiger partial charge in [-0.2, -0.15) is 5.10 Å². The lowest BCUT2D eigenvalue weighted by atomic mass is 10.0. The van der Waals surface area contributed by atoms with Gasteiger partial charge in [-0.15, -0.1) is 5.10 Å². The van der Waals surface area contributed by atoms with Gasteiger partial charge in [0.1, 0.15) is 3.72 Å². The van der Waals surface area contributed by atoms with Crippen LogP contribution in [0.4, 0.5) is 0 Å². The van der Waals surface area contributed by atoms with Gasteiger partial charge >= 0.3 is 0 Å². The van der Waals surface area contributed by atoms with Crippen LogP contribution in [0.5, 0.6) is 0 Å². The summed E-state index contributed by atoms with van der Waals surface area (Å²) >= 11 is 5.60. The highest BCUT2D eigenvalue weighted by Crippen LogP contribution is 2.25. The third kappa shape index (κ3) is 1.33. The minimum absolute atomic E-state index is 0.317. The Morgan fingerprint density at radius 1 is 1.45 bits per heavy atom. The summed E-state index contributed by atoms with van der Waals surface area (Å²) in [6.07, 6.45) is 6.13. The summed E-state index contributed by atoms with van der Waals surface area (Å²) in [5, 5.41) is 8.02. The van der Waals surface area contributed by atoms with E-state index in [4.69, 9.17) is 0 Å². The van der Waals surface area contributed by atoms with Crippen molar-refractivity contribution in [2.24, 2.45) is 16.1 Å². The van der Waals surface area contributed by atoms with Crippen molar-refractivity contribution in [1.82, 2.24) is 0 Å². The molecule has 11 heavy (non-hydrogen) atoms. The van der Waals surface area contributed by atoms with E-state index < -0.39 is 0 Å². The molecule has 1 aliphatic heterocycles. The zero-order chi connectivity index (χ0) is 7.84. The third-order valence-electron chi connectivity index (χ3n) is 1.57. The molecular weight excluding hydrogens is 319 g/mol. The maximum absolute atomic E-state index is 4.03. The molecule has 0 bridgehead atoms. The molecule has 4 heteroatoms. The van der Waals surface area contributed by atoms with E-state index in [-0.39, 0.29) is 0 Å². The average molecular weight is 323 g/mol. The first-order valence-electron chi connectivity index (χ1n) is 3.14. The third-order valence-corrected chi connectivity index (χ3v) is 2.95. The van der Waals surface area contributed by atoms with Crippen LogP contribution >= 0.6 is 38.5 Å². The number of hydrogen-bond acceptors (Lipinski definition) is 2. The van der Waals surface area contributed by atoms with Crippen molar-refractivity contribution in [1.29, 1.82) is 0 Å². The molecule has 2 nitrogen and oxygen atoms in total. The quantitative estimate of drug-likeness (QED) is 0.613. The van der Waals surface area contributed by atoms with Crippen LogP contribution in [0.25, 0.3) is 0 Å². The fourth-order valence-corrected chi connectivity index (χ4v) is 2.05. The van der Waals surface area contributed by atoms with Crippen LogP contribution in [0.2, 0.25) is 0 Å². The lowest BCUT2D eigenvalue weighted by molar-refractivity contribution is 1.26. The molecule has 1 aliphatic carbocycles. The van der Waals surface area contributed by atoms with E-state index in [1.807, 2.05) is 12.2 Å². The van der Waals surface area contributed by atoms with Crippen molar-refractivity contribution in [2.45, 2.75) is 0 Å². The lowest BCUT2D eigenvalue weighted by Crippen LogP contribution is -2.13. The highest BCUT2D eigenvalue weighted by atomic mass is 127. The smallest absolute Gasteiger partial charge is 0.114 e.